The highest BCUT2D eigenvalue weighted by Crippen LogP contribution is 2.17. The number of hydrogen-bond donors (Lipinski definition) is 0. The molecule has 1 heterocycles. The van der Waals surface area contributed by atoms with Crippen LogP contribution in [0.2, 0.25) is 0 Å². The number of nitrogens with zero attached hydrogens (tertiary/aromatic N) is 3. The highest BCUT2D eigenvalue weighted by molar-refractivity contribution is 5.37. The molecule has 1 atom stereocenters. The van der Waals surface area contributed by atoms with E-state index in [0.29, 0.717) is 6.04 Å². The lowest BCUT2D eigenvalue weighted by molar-refractivity contribution is 0.186. The molecular weight excluding hydrogens is 258 g/mol. The van der Waals surface area contributed by atoms with E-state index in [-0.39, 0.29) is 0 Å². The summed E-state index contributed by atoms with van der Waals surface area (Å²) in [5.74, 6) is 0. The molecule has 0 fully saturated rings. The average molecular weight is 279 g/mol. The summed E-state index contributed by atoms with van der Waals surface area (Å²) in [4.78, 5) is 6.48. The van der Waals surface area contributed by atoms with E-state index < -0.39 is 0 Å². The Morgan fingerprint density at radius 3 is 2.52 bits per heavy atom. The van der Waals surface area contributed by atoms with E-state index >= 15 is 0 Å². The van der Waals surface area contributed by atoms with Crippen molar-refractivity contribution in [1.82, 2.24) is 9.88 Å². The summed E-state index contributed by atoms with van der Waals surface area (Å²) in [5.41, 5.74) is 3.11. The van der Waals surface area contributed by atoms with Gasteiger partial charge in [0.2, 0.25) is 0 Å². The van der Waals surface area contributed by atoms with Crippen LogP contribution in [0.25, 0.3) is 0 Å². The second-order valence-electron chi connectivity index (χ2n) is 5.29. The van der Waals surface area contributed by atoms with Gasteiger partial charge in [0.25, 0.3) is 0 Å². The Kier molecular flexibility index (Phi) is 5.48. The second kappa shape index (κ2) is 7.56. The van der Waals surface area contributed by atoms with Gasteiger partial charge in [-0.05, 0) is 42.7 Å². The SMILES string of the molecule is CCC(C)N(Cc1ccncc1)Cc1ccccc1C#N. The van der Waals surface area contributed by atoms with Crippen molar-refractivity contribution in [2.45, 2.75) is 39.4 Å². The number of aromatic nitrogens is 1. The van der Waals surface area contributed by atoms with Crippen LogP contribution in [-0.4, -0.2) is 15.9 Å². The molecule has 3 heteroatoms. The van der Waals surface area contributed by atoms with Crippen molar-refractivity contribution in [2.24, 2.45) is 0 Å². The van der Waals surface area contributed by atoms with Crippen LogP contribution >= 0.6 is 0 Å². The van der Waals surface area contributed by atoms with Crippen LogP contribution < -0.4 is 0 Å². The number of pyridine rings is 1. The van der Waals surface area contributed by atoms with Gasteiger partial charge in [0.05, 0.1) is 11.6 Å². The first kappa shape index (κ1) is 15.2. The molecule has 0 aliphatic rings. The van der Waals surface area contributed by atoms with E-state index in [1.807, 2.05) is 48.8 Å². The molecule has 2 aromatic rings. The first-order valence-corrected chi connectivity index (χ1v) is 7.35. The first-order chi connectivity index (χ1) is 10.2. The molecule has 0 aliphatic heterocycles. The third-order valence-corrected chi connectivity index (χ3v) is 3.86. The predicted octanol–water partition coefficient (Wildman–Crippen LogP) is 3.75. The van der Waals surface area contributed by atoms with Crippen molar-refractivity contribution in [3.8, 4) is 6.07 Å². The van der Waals surface area contributed by atoms with Crippen molar-refractivity contribution < 1.29 is 0 Å². The highest BCUT2D eigenvalue weighted by atomic mass is 15.1. The molecule has 2 rings (SSSR count). The van der Waals surface area contributed by atoms with Gasteiger partial charge in [0.15, 0.2) is 0 Å². The van der Waals surface area contributed by atoms with Gasteiger partial charge < -0.3 is 0 Å². The van der Waals surface area contributed by atoms with Crippen molar-refractivity contribution in [1.29, 1.82) is 5.26 Å². The molecule has 0 amide bonds. The molecule has 0 saturated carbocycles. The lowest BCUT2D eigenvalue weighted by Crippen LogP contribution is -2.31. The van der Waals surface area contributed by atoms with E-state index in [4.69, 9.17) is 0 Å². The van der Waals surface area contributed by atoms with Crippen LogP contribution in [0.15, 0.2) is 48.8 Å². The maximum Gasteiger partial charge on any atom is 0.0995 e. The lowest BCUT2D eigenvalue weighted by atomic mass is 10.1. The fourth-order valence-electron chi connectivity index (χ4n) is 2.33. The normalized spacial score (nSPS) is 12.1. The maximum atomic E-state index is 9.24. The molecule has 3 nitrogen and oxygen atoms in total. The van der Waals surface area contributed by atoms with Crippen LogP contribution in [0.4, 0.5) is 0 Å². The molecule has 108 valence electrons. The minimum atomic E-state index is 0.463. The third kappa shape index (κ3) is 4.14. The van der Waals surface area contributed by atoms with Gasteiger partial charge in [-0.3, -0.25) is 9.88 Å². The highest BCUT2D eigenvalue weighted by Gasteiger charge is 2.15. The summed E-state index contributed by atoms with van der Waals surface area (Å²) in [6, 6.07) is 14.7. The summed E-state index contributed by atoms with van der Waals surface area (Å²) in [7, 11) is 0. The molecule has 0 bridgehead atoms. The van der Waals surface area contributed by atoms with Gasteiger partial charge >= 0.3 is 0 Å². The number of benzene rings is 1. The molecule has 0 radical (unpaired) electrons. The van der Waals surface area contributed by atoms with Gasteiger partial charge in [0, 0.05) is 31.5 Å². The predicted molar refractivity (Wildman–Crippen MR) is 84.4 cm³/mol. The summed E-state index contributed by atoms with van der Waals surface area (Å²) in [6.45, 7) is 6.09. The Bertz CT molecular complexity index is 601. The largest absolute Gasteiger partial charge is 0.292 e. The molecular formula is C18H21N3. The maximum absolute atomic E-state index is 9.24. The molecule has 1 unspecified atom stereocenters. The monoisotopic (exact) mass is 279 g/mol. The zero-order valence-electron chi connectivity index (χ0n) is 12.7. The van der Waals surface area contributed by atoms with Crippen molar-refractivity contribution >= 4 is 0 Å². The van der Waals surface area contributed by atoms with E-state index in [0.717, 1.165) is 30.6 Å². The summed E-state index contributed by atoms with van der Waals surface area (Å²) in [6.07, 6.45) is 4.74. The molecule has 1 aromatic carbocycles. The van der Waals surface area contributed by atoms with Crippen LogP contribution in [0, 0.1) is 11.3 Å². The van der Waals surface area contributed by atoms with Crippen LogP contribution in [0.5, 0.6) is 0 Å². The van der Waals surface area contributed by atoms with Crippen molar-refractivity contribution in [2.75, 3.05) is 0 Å². The number of nitriles is 1. The topological polar surface area (TPSA) is 39.9 Å². The zero-order valence-corrected chi connectivity index (χ0v) is 12.7. The Morgan fingerprint density at radius 2 is 1.86 bits per heavy atom. The molecule has 21 heavy (non-hydrogen) atoms. The van der Waals surface area contributed by atoms with E-state index in [1.54, 1.807) is 0 Å². The van der Waals surface area contributed by atoms with Gasteiger partial charge in [-0.15, -0.1) is 0 Å². The van der Waals surface area contributed by atoms with Gasteiger partial charge in [-0.25, -0.2) is 0 Å². The van der Waals surface area contributed by atoms with Crippen LogP contribution in [0.1, 0.15) is 37.0 Å². The second-order valence-corrected chi connectivity index (χ2v) is 5.29. The van der Waals surface area contributed by atoms with Crippen molar-refractivity contribution in [3.63, 3.8) is 0 Å². The van der Waals surface area contributed by atoms with Gasteiger partial charge in [0.1, 0.15) is 0 Å². The van der Waals surface area contributed by atoms with E-state index in [2.05, 4.69) is 29.8 Å². The quantitative estimate of drug-likeness (QED) is 0.808. The number of hydrogen-bond acceptors (Lipinski definition) is 3. The fourth-order valence-corrected chi connectivity index (χ4v) is 2.33. The standard InChI is InChI=1S/C18H21N3/c1-3-15(2)21(13-16-8-10-20-11-9-16)14-18-7-5-4-6-17(18)12-19/h4-11,15H,3,13-14H2,1-2H3. The number of rotatable bonds is 6. The molecule has 0 spiro atoms. The van der Waals surface area contributed by atoms with Crippen molar-refractivity contribution in [3.05, 3.63) is 65.5 Å². The Morgan fingerprint density at radius 1 is 1.14 bits per heavy atom. The van der Waals surface area contributed by atoms with Gasteiger partial charge in [-0.1, -0.05) is 25.1 Å². The Balaban J connectivity index is 2.19. The van der Waals surface area contributed by atoms with E-state index in [9.17, 15) is 5.26 Å². The smallest absolute Gasteiger partial charge is 0.0995 e. The molecule has 0 aliphatic carbocycles. The van der Waals surface area contributed by atoms with Crippen LogP contribution in [0.3, 0.4) is 0 Å². The summed E-state index contributed by atoms with van der Waals surface area (Å²) < 4.78 is 0. The summed E-state index contributed by atoms with van der Waals surface area (Å²) >= 11 is 0. The van der Waals surface area contributed by atoms with E-state index in [1.165, 1.54) is 5.56 Å². The zero-order chi connectivity index (χ0) is 15.1. The fraction of sp³-hybridized carbons (Fsp3) is 0.333. The average Bonchev–Trinajstić information content (AvgIpc) is 2.55. The summed E-state index contributed by atoms with van der Waals surface area (Å²) in [5, 5.41) is 9.24. The molecule has 1 aromatic heterocycles. The Labute approximate surface area is 126 Å². The lowest BCUT2D eigenvalue weighted by Gasteiger charge is -2.29. The minimum absolute atomic E-state index is 0.463. The molecule has 0 N–H and O–H groups in total. The van der Waals surface area contributed by atoms with Gasteiger partial charge in [-0.2, -0.15) is 5.26 Å². The Hall–Kier alpha value is -2.18. The third-order valence-electron chi connectivity index (χ3n) is 3.86. The first-order valence-electron chi connectivity index (χ1n) is 7.35. The molecule has 0 saturated heterocycles. The minimum Gasteiger partial charge on any atom is -0.292 e. The van der Waals surface area contributed by atoms with Crippen LogP contribution in [-0.2, 0) is 13.1 Å².